The highest BCUT2D eigenvalue weighted by molar-refractivity contribution is 6.01. The molecule has 1 aromatic heterocycles. The van der Waals surface area contributed by atoms with Crippen molar-refractivity contribution < 1.29 is 19.1 Å². The first-order chi connectivity index (χ1) is 8.68. The molecule has 0 saturated carbocycles. The summed E-state index contributed by atoms with van der Waals surface area (Å²) in [6.07, 6.45) is 3.47. The average molecular weight is 248 g/mol. The van der Waals surface area contributed by atoms with Gasteiger partial charge < -0.3 is 4.74 Å². The minimum atomic E-state index is -0.489. The van der Waals surface area contributed by atoms with Crippen LogP contribution in [0.25, 0.3) is 0 Å². The van der Waals surface area contributed by atoms with Crippen molar-refractivity contribution in [2.24, 2.45) is 0 Å². The van der Waals surface area contributed by atoms with Crippen LogP contribution in [0.4, 0.5) is 0 Å². The van der Waals surface area contributed by atoms with Crippen LogP contribution in [-0.2, 0) is 14.3 Å². The molecule has 0 unspecified atom stereocenters. The van der Waals surface area contributed by atoms with Gasteiger partial charge in [0.05, 0.1) is 12.1 Å². The minimum Gasteiger partial charge on any atom is -0.460 e. The molecule has 0 aliphatic carbocycles. The molecule has 0 spiro atoms. The first-order valence-electron chi connectivity index (χ1n) is 5.59. The predicted octanol–water partition coefficient (Wildman–Crippen LogP) is 0.387. The Bertz CT molecular complexity index is 456. The normalized spacial score (nSPS) is 15.0. The summed E-state index contributed by atoms with van der Waals surface area (Å²) in [5.74, 6) is -0.906. The fourth-order valence-corrected chi connectivity index (χ4v) is 1.67. The number of esters is 1. The van der Waals surface area contributed by atoms with Crippen molar-refractivity contribution in [1.29, 1.82) is 0 Å². The van der Waals surface area contributed by atoms with Crippen molar-refractivity contribution >= 4 is 17.8 Å². The van der Waals surface area contributed by atoms with E-state index in [1.807, 2.05) is 0 Å². The van der Waals surface area contributed by atoms with E-state index in [1.165, 1.54) is 24.5 Å². The van der Waals surface area contributed by atoms with Crippen LogP contribution in [0.3, 0.4) is 0 Å². The molecule has 18 heavy (non-hydrogen) atoms. The third-order valence-corrected chi connectivity index (χ3v) is 2.62. The molecule has 6 heteroatoms. The van der Waals surface area contributed by atoms with Gasteiger partial charge in [-0.25, -0.2) is 4.79 Å². The number of hydrogen-bond donors (Lipinski definition) is 0. The summed E-state index contributed by atoms with van der Waals surface area (Å²) in [7, 11) is 0. The number of ether oxygens (including phenoxy) is 1. The lowest BCUT2D eigenvalue weighted by Gasteiger charge is -2.13. The quantitative estimate of drug-likeness (QED) is 0.569. The number of carbonyl (C=O) groups is 3. The van der Waals surface area contributed by atoms with Crippen molar-refractivity contribution in [3.63, 3.8) is 0 Å². The van der Waals surface area contributed by atoms with Crippen LogP contribution < -0.4 is 0 Å². The smallest absolute Gasteiger partial charge is 0.338 e. The van der Waals surface area contributed by atoms with Crippen molar-refractivity contribution in [1.82, 2.24) is 9.88 Å². The van der Waals surface area contributed by atoms with Crippen LogP contribution in [0.2, 0.25) is 0 Å². The standard InChI is InChI=1S/C12H12N2O4/c15-10-1-2-11(16)14(10)7-8-18-12(17)9-3-5-13-6-4-9/h3-6H,1-2,7-8H2. The summed E-state index contributed by atoms with van der Waals surface area (Å²) in [5.41, 5.74) is 0.393. The molecule has 1 aliphatic rings. The summed E-state index contributed by atoms with van der Waals surface area (Å²) in [6, 6.07) is 3.07. The maximum absolute atomic E-state index is 11.5. The molecule has 94 valence electrons. The van der Waals surface area contributed by atoms with Gasteiger partial charge in [-0.1, -0.05) is 0 Å². The Morgan fingerprint density at radius 2 is 1.83 bits per heavy atom. The zero-order chi connectivity index (χ0) is 13.0. The third-order valence-electron chi connectivity index (χ3n) is 2.62. The molecule has 0 atom stereocenters. The fourth-order valence-electron chi connectivity index (χ4n) is 1.67. The highest BCUT2D eigenvalue weighted by atomic mass is 16.5. The molecule has 0 N–H and O–H groups in total. The second-order valence-corrected chi connectivity index (χ2v) is 3.81. The van der Waals surface area contributed by atoms with E-state index in [2.05, 4.69) is 4.98 Å². The number of hydrogen-bond acceptors (Lipinski definition) is 5. The predicted molar refractivity (Wildman–Crippen MR) is 60.5 cm³/mol. The van der Waals surface area contributed by atoms with Crippen LogP contribution in [0.15, 0.2) is 24.5 Å². The van der Waals surface area contributed by atoms with Gasteiger partial charge in [0, 0.05) is 25.2 Å². The van der Waals surface area contributed by atoms with Crippen molar-refractivity contribution in [2.45, 2.75) is 12.8 Å². The van der Waals surface area contributed by atoms with Gasteiger partial charge in [0.25, 0.3) is 0 Å². The largest absolute Gasteiger partial charge is 0.460 e. The summed E-state index contributed by atoms with van der Waals surface area (Å²) >= 11 is 0. The number of pyridine rings is 1. The maximum Gasteiger partial charge on any atom is 0.338 e. The number of rotatable bonds is 4. The monoisotopic (exact) mass is 248 g/mol. The highest BCUT2D eigenvalue weighted by Crippen LogP contribution is 2.11. The minimum absolute atomic E-state index is 0.0125. The second kappa shape index (κ2) is 5.39. The van der Waals surface area contributed by atoms with Gasteiger partial charge in [-0.3, -0.25) is 19.5 Å². The first kappa shape index (κ1) is 12.2. The van der Waals surface area contributed by atoms with Gasteiger partial charge in [-0.05, 0) is 12.1 Å². The Morgan fingerprint density at radius 3 is 2.44 bits per heavy atom. The molecule has 0 radical (unpaired) electrons. The van der Waals surface area contributed by atoms with Gasteiger partial charge in [-0.2, -0.15) is 0 Å². The van der Waals surface area contributed by atoms with Crippen LogP contribution in [0, 0.1) is 0 Å². The van der Waals surface area contributed by atoms with Crippen LogP contribution >= 0.6 is 0 Å². The molecule has 1 fully saturated rings. The van der Waals surface area contributed by atoms with Crippen molar-refractivity contribution in [3.05, 3.63) is 30.1 Å². The Labute approximate surface area is 104 Å². The van der Waals surface area contributed by atoms with Gasteiger partial charge in [0.15, 0.2) is 0 Å². The lowest BCUT2D eigenvalue weighted by Crippen LogP contribution is -2.32. The maximum atomic E-state index is 11.5. The molecule has 1 aliphatic heterocycles. The van der Waals surface area contributed by atoms with E-state index in [1.54, 1.807) is 0 Å². The third kappa shape index (κ3) is 2.71. The van der Waals surface area contributed by atoms with E-state index in [0.29, 0.717) is 5.56 Å². The number of imide groups is 1. The Morgan fingerprint density at radius 1 is 1.22 bits per heavy atom. The summed E-state index contributed by atoms with van der Waals surface area (Å²) in [6.45, 7) is 0.132. The van der Waals surface area contributed by atoms with E-state index >= 15 is 0 Å². The number of aromatic nitrogens is 1. The first-order valence-corrected chi connectivity index (χ1v) is 5.59. The molecule has 6 nitrogen and oxygen atoms in total. The number of amides is 2. The molecule has 0 bridgehead atoms. The molecular weight excluding hydrogens is 236 g/mol. The topological polar surface area (TPSA) is 76.6 Å². The van der Waals surface area contributed by atoms with Gasteiger partial charge in [-0.15, -0.1) is 0 Å². The molecule has 2 amide bonds. The van der Waals surface area contributed by atoms with E-state index in [0.717, 1.165) is 4.90 Å². The average Bonchev–Trinajstić information content (AvgIpc) is 2.71. The molecular formula is C12H12N2O4. The lowest BCUT2D eigenvalue weighted by atomic mass is 10.3. The van der Waals surface area contributed by atoms with Gasteiger partial charge >= 0.3 is 5.97 Å². The molecule has 2 heterocycles. The number of carbonyl (C=O) groups excluding carboxylic acids is 3. The Balaban J connectivity index is 1.81. The Hall–Kier alpha value is -2.24. The summed E-state index contributed by atoms with van der Waals surface area (Å²) in [4.78, 5) is 39.0. The summed E-state index contributed by atoms with van der Waals surface area (Å²) < 4.78 is 4.97. The molecule has 1 saturated heterocycles. The van der Waals surface area contributed by atoms with E-state index in [-0.39, 0.29) is 37.8 Å². The highest BCUT2D eigenvalue weighted by Gasteiger charge is 2.28. The van der Waals surface area contributed by atoms with Gasteiger partial charge in [0.1, 0.15) is 6.61 Å². The Kier molecular flexibility index (Phi) is 3.66. The lowest BCUT2D eigenvalue weighted by molar-refractivity contribution is -0.138. The fraction of sp³-hybridized carbons (Fsp3) is 0.333. The molecule has 0 aromatic carbocycles. The van der Waals surface area contributed by atoms with Crippen LogP contribution in [-0.4, -0.2) is 40.8 Å². The number of likely N-dealkylation sites (tertiary alicyclic amines) is 1. The van der Waals surface area contributed by atoms with Gasteiger partial charge in [0.2, 0.25) is 11.8 Å². The zero-order valence-electron chi connectivity index (χ0n) is 9.67. The number of nitrogens with zero attached hydrogens (tertiary/aromatic N) is 2. The van der Waals surface area contributed by atoms with E-state index in [4.69, 9.17) is 4.74 Å². The zero-order valence-corrected chi connectivity index (χ0v) is 9.67. The molecule has 2 rings (SSSR count). The van der Waals surface area contributed by atoms with E-state index < -0.39 is 5.97 Å². The van der Waals surface area contributed by atoms with Crippen molar-refractivity contribution in [3.8, 4) is 0 Å². The van der Waals surface area contributed by atoms with E-state index in [9.17, 15) is 14.4 Å². The van der Waals surface area contributed by atoms with Crippen LogP contribution in [0.1, 0.15) is 23.2 Å². The molecule has 1 aromatic rings. The summed E-state index contributed by atoms with van der Waals surface area (Å²) in [5, 5.41) is 0. The SMILES string of the molecule is O=C(OCCN1C(=O)CCC1=O)c1ccncc1. The second-order valence-electron chi connectivity index (χ2n) is 3.81. The van der Waals surface area contributed by atoms with Crippen molar-refractivity contribution in [2.75, 3.05) is 13.2 Å². The van der Waals surface area contributed by atoms with Crippen LogP contribution in [0.5, 0.6) is 0 Å².